The van der Waals surface area contributed by atoms with Crippen LogP contribution < -0.4 is 0 Å². The normalized spacial score (nSPS) is 28.3. The van der Waals surface area contributed by atoms with Gasteiger partial charge in [0, 0.05) is 13.0 Å². The minimum absolute atomic E-state index is 0.346. The maximum Gasteiger partial charge on any atom is 0.155 e. The second-order valence-electron chi connectivity index (χ2n) is 6.09. The summed E-state index contributed by atoms with van der Waals surface area (Å²) in [7, 11) is 0. The first-order valence-electron chi connectivity index (χ1n) is 8.14. The molecule has 1 fully saturated rings. The molecule has 0 atom stereocenters. The van der Waals surface area contributed by atoms with E-state index in [0.29, 0.717) is 17.8 Å². The molecule has 0 saturated heterocycles. The quantitative estimate of drug-likeness (QED) is 0.663. The highest BCUT2D eigenvalue weighted by atomic mass is 16.5. The fraction of sp³-hybridized carbons (Fsp3) is 0.824. The summed E-state index contributed by atoms with van der Waals surface area (Å²) >= 11 is 0. The van der Waals surface area contributed by atoms with E-state index in [9.17, 15) is 4.79 Å². The van der Waals surface area contributed by atoms with Crippen LogP contribution in [0.1, 0.15) is 71.1 Å². The van der Waals surface area contributed by atoms with E-state index in [1.54, 1.807) is 0 Å². The lowest BCUT2D eigenvalue weighted by atomic mass is 9.78. The molecule has 108 valence electrons. The van der Waals surface area contributed by atoms with Gasteiger partial charge in [0.15, 0.2) is 5.78 Å². The number of allylic oxidation sites excluding steroid dienone is 2. The van der Waals surface area contributed by atoms with E-state index >= 15 is 0 Å². The molecular weight excluding hydrogens is 236 g/mol. The lowest BCUT2D eigenvalue weighted by molar-refractivity contribution is -0.115. The van der Waals surface area contributed by atoms with E-state index < -0.39 is 0 Å². The van der Waals surface area contributed by atoms with Crippen LogP contribution in [0.3, 0.4) is 0 Å². The number of ketones is 1. The summed E-state index contributed by atoms with van der Waals surface area (Å²) in [4.78, 5) is 11.5. The number of unbranched alkanes of at least 4 members (excludes halogenated alkanes) is 2. The molecule has 0 aromatic rings. The van der Waals surface area contributed by atoms with Gasteiger partial charge >= 0.3 is 0 Å². The lowest BCUT2D eigenvalue weighted by Gasteiger charge is -2.31. The molecule has 19 heavy (non-hydrogen) atoms. The Balaban J connectivity index is 1.69. The molecule has 0 unspecified atom stereocenters. The molecular formula is C17H28O2. The van der Waals surface area contributed by atoms with Crippen LogP contribution >= 0.6 is 0 Å². The summed E-state index contributed by atoms with van der Waals surface area (Å²) in [5.41, 5.74) is 1.43. The van der Waals surface area contributed by atoms with Crippen molar-refractivity contribution in [2.24, 2.45) is 5.92 Å². The van der Waals surface area contributed by atoms with Gasteiger partial charge in [0.25, 0.3) is 0 Å². The first-order valence-corrected chi connectivity index (χ1v) is 8.14. The van der Waals surface area contributed by atoms with E-state index in [1.165, 1.54) is 50.5 Å². The zero-order valence-corrected chi connectivity index (χ0v) is 12.3. The Morgan fingerprint density at radius 1 is 1.16 bits per heavy atom. The van der Waals surface area contributed by atoms with Crippen LogP contribution in [0.2, 0.25) is 0 Å². The predicted molar refractivity (Wildman–Crippen MR) is 78.2 cm³/mol. The number of carbonyl (C=O) groups is 1. The maximum atomic E-state index is 11.5. The highest BCUT2D eigenvalue weighted by molar-refractivity contribution is 5.91. The smallest absolute Gasteiger partial charge is 0.155 e. The van der Waals surface area contributed by atoms with Gasteiger partial charge in [-0.1, -0.05) is 25.3 Å². The molecule has 0 bridgehead atoms. The molecule has 0 amide bonds. The molecule has 0 spiro atoms. The van der Waals surface area contributed by atoms with Gasteiger partial charge in [-0.25, -0.2) is 0 Å². The second-order valence-corrected chi connectivity index (χ2v) is 6.09. The zero-order chi connectivity index (χ0) is 13.5. The Bertz CT molecular complexity index is 311. The first kappa shape index (κ1) is 14.8. The minimum atomic E-state index is 0.346. The Kier molecular flexibility index (Phi) is 6.09. The Hall–Kier alpha value is -0.630. The van der Waals surface area contributed by atoms with Crippen LogP contribution in [0, 0.1) is 5.92 Å². The van der Waals surface area contributed by atoms with E-state index in [2.05, 4.69) is 6.92 Å². The van der Waals surface area contributed by atoms with Crippen molar-refractivity contribution in [1.82, 2.24) is 0 Å². The van der Waals surface area contributed by atoms with E-state index in [1.807, 2.05) is 6.08 Å². The van der Waals surface area contributed by atoms with Crippen molar-refractivity contribution in [3.8, 4) is 0 Å². The van der Waals surface area contributed by atoms with Crippen molar-refractivity contribution < 1.29 is 9.53 Å². The van der Waals surface area contributed by atoms with Crippen LogP contribution in [0.4, 0.5) is 0 Å². The Labute approximate surface area is 117 Å². The molecule has 0 heterocycles. The second kappa shape index (κ2) is 7.84. The van der Waals surface area contributed by atoms with Gasteiger partial charge in [-0.15, -0.1) is 0 Å². The lowest BCUT2D eigenvalue weighted by Crippen LogP contribution is -2.24. The zero-order valence-electron chi connectivity index (χ0n) is 12.3. The standard InChI is InChI=1S/C17H28O2/c1-2-3-4-12-19-17-10-8-14(9-11-17)15-6-5-7-16(18)13-15/h13-14,17H,2-12H2,1H3. The van der Waals surface area contributed by atoms with Crippen LogP contribution in [0.15, 0.2) is 11.6 Å². The highest BCUT2D eigenvalue weighted by Gasteiger charge is 2.25. The molecule has 0 radical (unpaired) electrons. The van der Waals surface area contributed by atoms with Crippen LogP contribution in [-0.4, -0.2) is 18.5 Å². The fourth-order valence-electron chi connectivity index (χ4n) is 3.34. The van der Waals surface area contributed by atoms with Crippen molar-refractivity contribution in [2.75, 3.05) is 6.61 Å². The van der Waals surface area contributed by atoms with E-state index in [-0.39, 0.29) is 0 Å². The SMILES string of the molecule is CCCCCOC1CCC(C2=CC(=O)CCC2)CC1. The van der Waals surface area contributed by atoms with Gasteiger partial charge in [0.2, 0.25) is 0 Å². The van der Waals surface area contributed by atoms with E-state index in [4.69, 9.17) is 4.74 Å². The number of hydrogen-bond acceptors (Lipinski definition) is 2. The summed E-state index contributed by atoms with van der Waals surface area (Å²) < 4.78 is 5.96. The maximum absolute atomic E-state index is 11.5. The van der Waals surface area contributed by atoms with Crippen molar-refractivity contribution in [1.29, 1.82) is 0 Å². The van der Waals surface area contributed by atoms with Gasteiger partial charge in [-0.3, -0.25) is 4.79 Å². The van der Waals surface area contributed by atoms with Crippen molar-refractivity contribution in [3.05, 3.63) is 11.6 Å². The highest BCUT2D eigenvalue weighted by Crippen LogP contribution is 2.35. The van der Waals surface area contributed by atoms with Crippen LogP contribution in [0.5, 0.6) is 0 Å². The molecule has 2 aliphatic carbocycles. The largest absolute Gasteiger partial charge is 0.378 e. The number of carbonyl (C=O) groups excluding carboxylic acids is 1. The Morgan fingerprint density at radius 2 is 1.95 bits per heavy atom. The molecule has 0 N–H and O–H groups in total. The summed E-state index contributed by atoms with van der Waals surface area (Å²) in [5, 5.41) is 0. The molecule has 0 aromatic heterocycles. The van der Waals surface area contributed by atoms with Crippen LogP contribution in [-0.2, 0) is 9.53 Å². The molecule has 0 aromatic carbocycles. The monoisotopic (exact) mass is 264 g/mol. The number of rotatable bonds is 6. The molecule has 2 rings (SSSR count). The molecule has 2 aliphatic rings. The van der Waals surface area contributed by atoms with Gasteiger partial charge in [0.05, 0.1) is 6.10 Å². The van der Waals surface area contributed by atoms with Crippen molar-refractivity contribution in [2.45, 2.75) is 77.2 Å². The van der Waals surface area contributed by atoms with Crippen molar-refractivity contribution in [3.63, 3.8) is 0 Å². The third kappa shape index (κ3) is 4.76. The number of hydrogen-bond donors (Lipinski definition) is 0. The summed E-state index contributed by atoms with van der Waals surface area (Å²) in [6.07, 6.45) is 14.0. The minimum Gasteiger partial charge on any atom is -0.378 e. The fourth-order valence-corrected chi connectivity index (χ4v) is 3.34. The molecule has 2 heteroatoms. The molecule has 0 aliphatic heterocycles. The Morgan fingerprint density at radius 3 is 2.63 bits per heavy atom. The third-order valence-corrected chi connectivity index (χ3v) is 4.54. The van der Waals surface area contributed by atoms with Gasteiger partial charge in [-0.05, 0) is 56.9 Å². The third-order valence-electron chi connectivity index (χ3n) is 4.54. The average Bonchev–Trinajstić information content (AvgIpc) is 2.44. The summed E-state index contributed by atoms with van der Waals surface area (Å²) in [6.45, 7) is 3.16. The molecule has 2 nitrogen and oxygen atoms in total. The van der Waals surface area contributed by atoms with Gasteiger partial charge in [-0.2, -0.15) is 0 Å². The predicted octanol–water partition coefficient (Wildman–Crippen LogP) is 4.43. The van der Waals surface area contributed by atoms with Gasteiger partial charge in [0.1, 0.15) is 0 Å². The average molecular weight is 264 g/mol. The van der Waals surface area contributed by atoms with Gasteiger partial charge < -0.3 is 4.74 Å². The topological polar surface area (TPSA) is 26.3 Å². The van der Waals surface area contributed by atoms with E-state index in [0.717, 1.165) is 25.9 Å². The van der Waals surface area contributed by atoms with Crippen LogP contribution in [0.25, 0.3) is 0 Å². The molecule has 1 saturated carbocycles. The summed E-state index contributed by atoms with van der Waals surface area (Å²) in [6, 6.07) is 0. The first-order chi connectivity index (χ1) is 9.29. The number of ether oxygens (including phenoxy) is 1. The summed E-state index contributed by atoms with van der Waals surface area (Å²) in [5.74, 6) is 1.01. The van der Waals surface area contributed by atoms with Crippen molar-refractivity contribution >= 4 is 5.78 Å².